The van der Waals surface area contributed by atoms with E-state index in [9.17, 15) is 0 Å². The Balaban J connectivity index is 2.14. The summed E-state index contributed by atoms with van der Waals surface area (Å²) >= 11 is 0. The molecule has 16 heavy (non-hydrogen) atoms. The third kappa shape index (κ3) is 2.11. The highest BCUT2D eigenvalue weighted by Gasteiger charge is 2.23. The van der Waals surface area contributed by atoms with Crippen molar-refractivity contribution in [2.24, 2.45) is 0 Å². The summed E-state index contributed by atoms with van der Waals surface area (Å²) in [6.45, 7) is 5.43. The molecule has 4 heteroatoms. The number of aromatic nitrogens is 1. The van der Waals surface area contributed by atoms with Crippen molar-refractivity contribution in [3.05, 3.63) is 18.5 Å². The zero-order valence-corrected chi connectivity index (χ0v) is 10.1. The van der Waals surface area contributed by atoms with Crippen LogP contribution < -0.4 is 10.6 Å². The van der Waals surface area contributed by atoms with Crippen molar-refractivity contribution in [2.45, 2.75) is 19.4 Å². The smallest absolute Gasteiger partial charge is 0.0738 e. The van der Waals surface area contributed by atoms with E-state index >= 15 is 0 Å². The second-order valence-corrected chi connectivity index (χ2v) is 4.42. The molecule has 1 aromatic rings. The topological polar surface area (TPSA) is 45.4 Å². The van der Waals surface area contributed by atoms with E-state index in [1.807, 2.05) is 12.3 Å². The number of likely N-dealkylation sites (N-methyl/N-ethyl adjacent to an activating group) is 1. The number of hydrogen-bond donors (Lipinski definition) is 1. The van der Waals surface area contributed by atoms with Gasteiger partial charge < -0.3 is 10.6 Å². The van der Waals surface area contributed by atoms with E-state index in [1.54, 1.807) is 6.20 Å². The first kappa shape index (κ1) is 11.2. The molecule has 1 unspecified atom stereocenters. The number of nitrogens with two attached hydrogens (primary N) is 1. The first-order valence-corrected chi connectivity index (χ1v) is 5.87. The van der Waals surface area contributed by atoms with Gasteiger partial charge in [-0.1, -0.05) is 6.92 Å². The zero-order valence-electron chi connectivity index (χ0n) is 10.1. The molecular formula is C12H20N4. The fourth-order valence-electron chi connectivity index (χ4n) is 2.29. The third-order valence-corrected chi connectivity index (χ3v) is 3.42. The van der Waals surface area contributed by atoms with Crippen molar-refractivity contribution in [2.75, 3.05) is 37.3 Å². The number of rotatable bonds is 2. The Morgan fingerprint density at radius 3 is 3.00 bits per heavy atom. The largest absolute Gasteiger partial charge is 0.396 e. The summed E-state index contributed by atoms with van der Waals surface area (Å²) in [4.78, 5) is 8.82. The molecule has 0 amide bonds. The molecule has 1 aliphatic heterocycles. The molecule has 0 aliphatic carbocycles. The van der Waals surface area contributed by atoms with E-state index < -0.39 is 0 Å². The lowest BCUT2D eigenvalue weighted by atomic mass is 10.1. The Hall–Kier alpha value is -1.29. The molecule has 0 saturated carbocycles. The van der Waals surface area contributed by atoms with Crippen LogP contribution in [0.4, 0.5) is 11.4 Å². The highest BCUT2D eigenvalue weighted by atomic mass is 15.3. The maximum absolute atomic E-state index is 5.96. The standard InChI is InChI=1S/C12H20N4/c1-3-10-9-16(7-6-15(10)2)12-4-5-14-8-11(12)13/h4-5,8,10H,3,6-7,9,13H2,1-2H3. The van der Waals surface area contributed by atoms with E-state index in [0.29, 0.717) is 6.04 Å². The minimum atomic E-state index is 0.626. The number of nitrogens with zero attached hydrogens (tertiary/aromatic N) is 3. The Morgan fingerprint density at radius 2 is 2.31 bits per heavy atom. The molecule has 2 rings (SSSR count). The molecule has 1 atom stereocenters. The van der Waals surface area contributed by atoms with Crippen LogP contribution in [-0.4, -0.2) is 42.6 Å². The average molecular weight is 220 g/mol. The molecule has 0 radical (unpaired) electrons. The van der Waals surface area contributed by atoms with E-state index in [4.69, 9.17) is 5.73 Å². The van der Waals surface area contributed by atoms with E-state index in [0.717, 1.165) is 31.0 Å². The van der Waals surface area contributed by atoms with Gasteiger partial charge in [0, 0.05) is 31.9 Å². The molecule has 1 aromatic heterocycles. The Morgan fingerprint density at radius 1 is 1.50 bits per heavy atom. The predicted octanol–water partition coefficient (Wildman–Crippen LogP) is 1.19. The molecule has 0 bridgehead atoms. The minimum Gasteiger partial charge on any atom is -0.396 e. The maximum Gasteiger partial charge on any atom is 0.0738 e. The molecule has 0 spiro atoms. The van der Waals surface area contributed by atoms with Crippen LogP contribution in [0.25, 0.3) is 0 Å². The molecule has 2 heterocycles. The quantitative estimate of drug-likeness (QED) is 0.813. The van der Waals surface area contributed by atoms with Crippen LogP contribution in [0.1, 0.15) is 13.3 Å². The van der Waals surface area contributed by atoms with Crippen molar-refractivity contribution in [3.8, 4) is 0 Å². The second kappa shape index (κ2) is 4.70. The van der Waals surface area contributed by atoms with Gasteiger partial charge in [-0.05, 0) is 19.5 Å². The van der Waals surface area contributed by atoms with E-state index in [1.165, 1.54) is 6.42 Å². The summed E-state index contributed by atoms with van der Waals surface area (Å²) in [5.74, 6) is 0. The molecule has 88 valence electrons. The monoisotopic (exact) mass is 220 g/mol. The van der Waals surface area contributed by atoms with Crippen molar-refractivity contribution >= 4 is 11.4 Å². The molecule has 1 aliphatic rings. The van der Waals surface area contributed by atoms with Crippen LogP contribution in [-0.2, 0) is 0 Å². The number of pyridine rings is 1. The van der Waals surface area contributed by atoms with Crippen molar-refractivity contribution in [3.63, 3.8) is 0 Å². The molecular weight excluding hydrogens is 200 g/mol. The van der Waals surface area contributed by atoms with Gasteiger partial charge in [0.05, 0.1) is 17.6 Å². The molecule has 1 saturated heterocycles. The SMILES string of the molecule is CCC1CN(c2ccncc2N)CCN1C. The minimum absolute atomic E-state index is 0.626. The summed E-state index contributed by atoms with van der Waals surface area (Å²) < 4.78 is 0. The van der Waals surface area contributed by atoms with Gasteiger partial charge in [0.15, 0.2) is 0 Å². The van der Waals surface area contributed by atoms with Crippen molar-refractivity contribution in [1.82, 2.24) is 9.88 Å². The molecule has 0 aromatic carbocycles. The highest BCUT2D eigenvalue weighted by Crippen LogP contribution is 2.24. The van der Waals surface area contributed by atoms with Gasteiger partial charge in [-0.15, -0.1) is 0 Å². The Bertz CT molecular complexity index is 353. The van der Waals surface area contributed by atoms with Gasteiger partial charge in [-0.3, -0.25) is 9.88 Å². The van der Waals surface area contributed by atoms with Gasteiger partial charge in [-0.25, -0.2) is 0 Å². The molecule has 4 nitrogen and oxygen atoms in total. The fraction of sp³-hybridized carbons (Fsp3) is 0.583. The van der Waals surface area contributed by atoms with Crippen molar-refractivity contribution in [1.29, 1.82) is 0 Å². The molecule has 2 N–H and O–H groups in total. The van der Waals surface area contributed by atoms with Gasteiger partial charge in [0.2, 0.25) is 0 Å². The van der Waals surface area contributed by atoms with Crippen LogP contribution in [0.15, 0.2) is 18.5 Å². The number of piperazine rings is 1. The Kier molecular flexibility index (Phi) is 3.29. The Labute approximate surface area is 97.1 Å². The van der Waals surface area contributed by atoms with Crippen LogP contribution in [0.2, 0.25) is 0 Å². The van der Waals surface area contributed by atoms with Crippen LogP contribution in [0.3, 0.4) is 0 Å². The van der Waals surface area contributed by atoms with Crippen LogP contribution >= 0.6 is 0 Å². The third-order valence-electron chi connectivity index (χ3n) is 3.42. The average Bonchev–Trinajstić information content (AvgIpc) is 2.31. The number of nitrogen functional groups attached to an aromatic ring is 1. The first-order chi connectivity index (χ1) is 7.72. The number of hydrogen-bond acceptors (Lipinski definition) is 4. The lowest BCUT2D eigenvalue weighted by Gasteiger charge is -2.40. The van der Waals surface area contributed by atoms with Gasteiger partial charge in [0.25, 0.3) is 0 Å². The predicted molar refractivity (Wildman–Crippen MR) is 67.6 cm³/mol. The summed E-state index contributed by atoms with van der Waals surface area (Å²) in [6, 6.07) is 2.63. The van der Waals surface area contributed by atoms with Gasteiger partial charge in [0.1, 0.15) is 0 Å². The molecule has 1 fully saturated rings. The summed E-state index contributed by atoms with van der Waals surface area (Å²) in [5, 5.41) is 0. The highest BCUT2D eigenvalue weighted by molar-refractivity contribution is 5.66. The van der Waals surface area contributed by atoms with Crippen LogP contribution in [0, 0.1) is 0 Å². The maximum atomic E-state index is 5.96. The second-order valence-electron chi connectivity index (χ2n) is 4.42. The normalized spacial score (nSPS) is 22.4. The van der Waals surface area contributed by atoms with Gasteiger partial charge in [-0.2, -0.15) is 0 Å². The number of anilines is 2. The first-order valence-electron chi connectivity index (χ1n) is 5.87. The lowest BCUT2D eigenvalue weighted by Crippen LogP contribution is -2.51. The fourth-order valence-corrected chi connectivity index (χ4v) is 2.29. The van der Waals surface area contributed by atoms with Crippen LogP contribution in [0.5, 0.6) is 0 Å². The lowest BCUT2D eigenvalue weighted by molar-refractivity contribution is 0.213. The van der Waals surface area contributed by atoms with Crippen molar-refractivity contribution < 1.29 is 0 Å². The summed E-state index contributed by atoms with van der Waals surface area (Å²) in [7, 11) is 2.20. The van der Waals surface area contributed by atoms with E-state index in [-0.39, 0.29) is 0 Å². The van der Waals surface area contributed by atoms with E-state index in [2.05, 4.69) is 28.8 Å². The summed E-state index contributed by atoms with van der Waals surface area (Å²) in [6.07, 6.45) is 4.72. The summed E-state index contributed by atoms with van der Waals surface area (Å²) in [5.41, 5.74) is 7.86. The van der Waals surface area contributed by atoms with Gasteiger partial charge >= 0.3 is 0 Å². The zero-order chi connectivity index (χ0) is 11.5.